The first-order valence-corrected chi connectivity index (χ1v) is 7.78. The molecule has 0 atom stereocenters. The van der Waals surface area contributed by atoms with E-state index < -0.39 is 5.97 Å². The third-order valence-electron chi connectivity index (χ3n) is 4.01. The van der Waals surface area contributed by atoms with Crippen LogP contribution in [0.5, 0.6) is 5.75 Å². The molecule has 6 heteroatoms. The molecular formula is C19H17NO5. The number of hydrogen-bond acceptors (Lipinski definition) is 5. The Morgan fingerprint density at radius 1 is 1.08 bits per heavy atom. The molecule has 0 unspecified atom stereocenters. The predicted molar refractivity (Wildman–Crippen MR) is 91.1 cm³/mol. The monoisotopic (exact) mass is 339 g/mol. The molecule has 0 aliphatic carbocycles. The molecule has 0 bridgehead atoms. The number of esters is 1. The topological polar surface area (TPSA) is 81.7 Å². The minimum absolute atomic E-state index is 0.0477. The van der Waals surface area contributed by atoms with Crippen molar-refractivity contribution in [3.8, 4) is 5.75 Å². The average molecular weight is 339 g/mol. The second kappa shape index (κ2) is 6.76. The number of anilines is 1. The number of carbonyl (C=O) groups is 3. The Labute approximate surface area is 144 Å². The summed E-state index contributed by atoms with van der Waals surface area (Å²) >= 11 is 0. The number of aryl methyl sites for hydroxylation is 2. The van der Waals surface area contributed by atoms with Crippen molar-refractivity contribution in [2.75, 3.05) is 18.5 Å². The lowest BCUT2D eigenvalue weighted by Gasteiger charge is -2.18. The molecule has 0 fully saturated rings. The maximum absolute atomic E-state index is 12.2. The average Bonchev–Trinajstić information content (AvgIpc) is 2.61. The quantitative estimate of drug-likeness (QED) is 0.684. The van der Waals surface area contributed by atoms with E-state index in [2.05, 4.69) is 5.32 Å². The highest BCUT2D eigenvalue weighted by Crippen LogP contribution is 2.28. The van der Waals surface area contributed by atoms with E-state index in [1.54, 1.807) is 24.3 Å². The SMILES string of the molecule is Cc1ccc(C(=O)OCC(=O)c2ccc3c(c2)NC(=O)CO3)cc1C. The Kier molecular flexibility index (Phi) is 4.52. The van der Waals surface area contributed by atoms with E-state index in [0.717, 1.165) is 11.1 Å². The van der Waals surface area contributed by atoms with Crippen molar-refractivity contribution in [1.29, 1.82) is 0 Å². The fraction of sp³-hybridized carbons (Fsp3) is 0.211. The highest BCUT2D eigenvalue weighted by atomic mass is 16.5. The van der Waals surface area contributed by atoms with Crippen molar-refractivity contribution in [3.63, 3.8) is 0 Å². The van der Waals surface area contributed by atoms with E-state index in [1.807, 2.05) is 19.9 Å². The molecule has 0 saturated heterocycles. The molecule has 0 aromatic heterocycles. The number of benzene rings is 2. The van der Waals surface area contributed by atoms with E-state index in [0.29, 0.717) is 22.6 Å². The summed E-state index contributed by atoms with van der Waals surface area (Å²) in [5.41, 5.74) is 3.22. The molecule has 25 heavy (non-hydrogen) atoms. The highest BCUT2D eigenvalue weighted by Gasteiger charge is 2.19. The molecule has 6 nitrogen and oxygen atoms in total. The van der Waals surface area contributed by atoms with Gasteiger partial charge in [0, 0.05) is 5.56 Å². The van der Waals surface area contributed by atoms with Gasteiger partial charge in [-0.2, -0.15) is 0 Å². The number of rotatable bonds is 4. The van der Waals surface area contributed by atoms with Gasteiger partial charge in [0.2, 0.25) is 0 Å². The van der Waals surface area contributed by atoms with E-state index in [1.165, 1.54) is 6.07 Å². The molecule has 2 aromatic carbocycles. The van der Waals surface area contributed by atoms with Crippen molar-refractivity contribution in [3.05, 3.63) is 58.7 Å². The van der Waals surface area contributed by atoms with Gasteiger partial charge in [-0.15, -0.1) is 0 Å². The largest absolute Gasteiger partial charge is 0.482 e. The molecule has 128 valence electrons. The number of amides is 1. The van der Waals surface area contributed by atoms with Crippen LogP contribution in [-0.2, 0) is 9.53 Å². The number of hydrogen-bond donors (Lipinski definition) is 1. The van der Waals surface area contributed by atoms with Crippen molar-refractivity contribution in [2.45, 2.75) is 13.8 Å². The molecule has 3 rings (SSSR count). The van der Waals surface area contributed by atoms with Crippen LogP contribution in [0.4, 0.5) is 5.69 Å². The Balaban J connectivity index is 1.66. The minimum Gasteiger partial charge on any atom is -0.482 e. The molecule has 2 aromatic rings. The molecule has 0 radical (unpaired) electrons. The summed E-state index contributed by atoms with van der Waals surface area (Å²) in [5, 5.41) is 2.63. The van der Waals surface area contributed by atoms with Crippen molar-refractivity contribution >= 4 is 23.3 Å². The molecule has 1 aliphatic heterocycles. The van der Waals surface area contributed by atoms with Crippen molar-refractivity contribution in [1.82, 2.24) is 0 Å². The Morgan fingerprint density at radius 2 is 1.84 bits per heavy atom. The summed E-state index contributed by atoms with van der Waals surface area (Å²) in [6.45, 7) is 3.43. The van der Waals surface area contributed by atoms with Gasteiger partial charge < -0.3 is 14.8 Å². The second-order valence-corrected chi connectivity index (χ2v) is 5.85. The maximum Gasteiger partial charge on any atom is 0.338 e. The predicted octanol–water partition coefficient (Wildman–Crippen LogP) is 2.67. The smallest absolute Gasteiger partial charge is 0.338 e. The van der Waals surface area contributed by atoms with Crippen molar-refractivity contribution < 1.29 is 23.9 Å². The summed E-state index contributed by atoms with van der Waals surface area (Å²) in [4.78, 5) is 35.6. The van der Waals surface area contributed by atoms with Gasteiger partial charge in [0.1, 0.15) is 5.75 Å². The Morgan fingerprint density at radius 3 is 2.60 bits per heavy atom. The molecule has 1 heterocycles. The summed E-state index contributed by atoms with van der Waals surface area (Å²) in [7, 11) is 0. The third kappa shape index (κ3) is 3.68. The Hall–Kier alpha value is -3.15. The minimum atomic E-state index is -0.550. The third-order valence-corrected chi connectivity index (χ3v) is 4.01. The van der Waals surface area contributed by atoms with Gasteiger partial charge in [-0.05, 0) is 55.3 Å². The van der Waals surface area contributed by atoms with Crippen LogP contribution in [-0.4, -0.2) is 30.9 Å². The van der Waals surface area contributed by atoms with Gasteiger partial charge in [0.05, 0.1) is 11.3 Å². The van der Waals surface area contributed by atoms with Gasteiger partial charge in [0.25, 0.3) is 5.91 Å². The lowest BCUT2D eigenvalue weighted by Crippen LogP contribution is -2.25. The van der Waals surface area contributed by atoms with Crippen LogP contribution in [0.1, 0.15) is 31.8 Å². The summed E-state index contributed by atoms with van der Waals surface area (Å²) in [6, 6.07) is 9.92. The Bertz CT molecular complexity index is 872. The van der Waals surface area contributed by atoms with Crippen molar-refractivity contribution in [2.24, 2.45) is 0 Å². The van der Waals surface area contributed by atoms with Crippen LogP contribution < -0.4 is 10.1 Å². The van der Waals surface area contributed by atoms with E-state index >= 15 is 0 Å². The normalized spacial score (nSPS) is 12.6. The first-order chi connectivity index (χ1) is 11.9. The van der Waals surface area contributed by atoms with Gasteiger partial charge in [0.15, 0.2) is 19.0 Å². The molecule has 1 N–H and O–H groups in total. The van der Waals surface area contributed by atoms with Gasteiger partial charge >= 0.3 is 5.97 Å². The molecule has 0 saturated carbocycles. The molecular weight excluding hydrogens is 322 g/mol. The van der Waals surface area contributed by atoms with Crippen LogP contribution in [0, 0.1) is 13.8 Å². The molecule has 1 aliphatic rings. The summed E-state index contributed by atoms with van der Waals surface area (Å²) in [6.07, 6.45) is 0. The van der Waals surface area contributed by atoms with Crippen LogP contribution in [0.2, 0.25) is 0 Å². The first-order valence-electron chi connectivity index (χ1n) is 7.78. The zero-order valence-corrected chi connectivity index (χ0v) is 13.9. The number of ketones is 1. The zero-order chi connectivity index (χ0) is 18.0. The number of Topliss-reactive ketones (excluding diaryl/α,β-unsaturated/α-hetero) is 1. The van der Waals surface area contributed by atoms with Gasteiger partial charge in [-0.1, -0.05) is 6.07 Å². The lowest BCUT2D eigenvalue weighted by molar-refractivity contribution is -0.118. The number of ether oxygens (including phenoxy) is 2. The lowest BCUT2D eigenvalue weighted by atomic mass is 10.1. The van der Waals surface area contributed by atoms with Gasteiger partial charge in [-0.25, -0.2) is 4.79 Å². The van der Waals surface area contributed by atoms with E-state index in [-0.39, 0.29) is 24.9 Å². The van der Waals surface area contributed by atoms with Crippen LogP contribution in [0.15, 0.2) is 36.4 Å². The second-order valence-electron chi connectivity index (χ2n) is 5.85. The van der Waals surface area contributed by atoms with E-state index in [9.17, 15) is 14.4 Å². The highest BCUT2D eigenvalue weighted by molar-refractivity contribution is 6.02. The summed E-state index contributed by atoms with van der Waals surface area (Å²) in [5.74, 6) is -0.688. The van der Waals surface area contributed by atoms with Crippen LogP contribution in [0.25, 0.3) is 0 Å². The molecule has 1 amide bonds. The maximum atomic E-state index is 12.2. The fourth-order valence-electron chi connectivity index (χ4n) is 2.42. The zero-order valence-electron chi connectivity index (χ0n) is 13.9. The number of fused-ring (bicyclic) bond motifs is 1. The molecule has 0 spiro atoms. The number of nitrogens with one attached hydrogen (secondary N) is 1. The van der Waals surface area contributed by atoms with Crippen LogP contribution >= 0.6 is 0 Å². The first kappa shape index (κ1) is 16.7. The standard InChI is InChI=1S/C19H17NO5/c1-11-3-4-14(7-12(11)2)19(23)25-9-16(21)13-5-6-17-15(8-13)20-18(22)10-24-17/h3-8H,9-10H2,1-2H3,(H,20,22). The summed E-state index contributed by atoms with van der Waals surface area (Å²) < 4.78 is 10.3. The fourth-order valence-corrected chi connectivity index (χ4v) is 2.42. The van der Waals surface area contributed by atoms with E-state index in [4.69, 9.17) is 9.47 Å². The number of carbonyl (C=O) groups excluding carboxylic acids is 3. The van der Waals surface area contributed by atoms with Gasteiger partial charge in [-0.3, -0.25) is 9.59 Å². The van der Waals surface area contributed by atoms with Crippen LogP contribution in [0.3, 0.4) is 0 Å².